The average molecular weight is 236 g/mol. The van der Waals surface area contributed by atoms with Gasteiger partial charge in [0.1, 0.15) is 0 Å². The van der Waals surface area contributed by atoms with E-state index in [9.17, 15) is 4.79 Å². The fourth-order valence-corrected chi connectivity index (χ4v) is 1.91. The van der Waals surface area contributed by atoms with Crippen molar-refractivity contribution in [2.24, 2.45) is 0 Å². The predicted molar refractivity (Wildman–Crippen MR) is 64.8 cm³/mol. The van der Waals surface area contributed by atoms with Crippen molar-refractivity contribution in [1.82, 2.24) is 0 Å². The summed E-state index contributed by atoms with van der Waals surface area (Å²) >= 11 is 0. The second kappa shape index (κ2) is 5.05. The Labute approximate surface area is 100 Å². The van der Waals surface area contributed by atoms with Crippen molar-refractivity contribution in [3.8, 4) is 0 Å². The SMILES string of the molecule is COC(=O)[C@@H]1COCCN1c1ccc(N)cc1. The Morgan fingerprint density at radius 3 is 2.82 bits per heavy atom. The van der Waals surface area contributed by atoms with Gasteiger partial charge < -0.3 is 20.1 Å². The number of benzene rings is 1. The summed E-state index contributed by atoms with van der Waals surface area (Å²) in [6.07, 6.45) is 0. The van der Waals surface area contributed by atoms with Crippen LogP contribution in [-0.4, -0.2) is 38.9 Å². The van der Waals surface area contributed by atoms with Gasteiger partial charge >= 0.3 is 5.97 Å². The van der Waals surface area contributed by atoms with Crippen LogP contribution in [0.1, 0.15) is 0 Å². The Morgan fingerprint density at radius 2 is 2.18 bits per heavy atom. The lowest BCUT2D eigenvalue weighted by Crippen LogP contribution is -2.50. The zero-order valence-corrected chi connectivity index (χ0v) is 9.76. The molecule has 1 aliphatic heterocycles. The minimum atomic E-state index is -0.377. The van der Waals surface area contributed by atoms with E-state index < -0.39 is 0 Å². The fourth-order valence-electron chi connectivity index (χ4n) is 1.91. The average Bonchev–Trinajstić information content (AvgIpc) is 2.39. The molecule has 0 radical (unpaired) electrons. The van der Waals surface area contributed by atoms with Crippen LogP contribution in [0, 0.1) is 0 Å². The van der Waals surface area contributed by atoms with Crippen LogP contribution < -0.4 is 10.6 Å². The minimum absolute atomic E-state index is 0.276. The molecular formula is C12H16N2O3. The molecule has 1 aromatic carbocycles. The monoisotopic (exact) mass is 236 g/mol. The molecule has 0 spiro atoms. The van der Waals surface area contributed by atoms with Crippen molar-refractivity contribution < 1.29 is 14.3 Å². The first-order valence-electron chi connectivity index (χ1n) is 5.50. The molecule has 0 unspecified atom stereocenters. The number of hydrogen-bond acceptors (Lipinski definition) is 5. The maximum Gasteiger partial charge on any atom is 0.330 e. The van der Waals surface area contributed by atoms with Crippen LogP contribution in [0.15, 0.2) is 24.3 Å². The molecule has 92 valence electrons. The molecule has 0 aromatic heterocycles. The highest BCUT2D eigenvalue weighted by Gasteiger charge is 2.30. The van der Waals surface area contributed by atoms with E-state index in [4.69, 9.17) is 15.2 Å². The van der Waals surface area contributed by atoms with Gasteiger partial charge in [-0.1, -0.05) is 0 Å². The molecule has 1 saturated heterocycles. The standard InChI is InChI=1S/C12H16N2O3/c1-16-12(15)11-8-17-7-6-14(11)10-4-2-9(13)3-5-10/h2-5,11H,6-8,13H2,1H3/t11-/m0/s1. The first-order valence-corrected chi connectivity index (χ1v) is 5.50. The van der Waals surface area contributed by atoms with E-state index in [1.807, 2.05) is 29.2 Å². The second-order valence-corrected chi connectivity index (χ2v) is 3.90. The summed E-state index contributed by atoms with van der Waals surface area (Å²) < 4.78 is 10.1. The highest BCUT2D eigenvalue weighted by atomic mass is 16.5. The summed E-state index contributed by atoms with van der Waals surface area (Å²) in [7, 11) is 1.39. The smallest absolute Gasteiger partial charge is 0.330 e. The topological polar surface area (TPSA) is 64.8 Å². The first-order chi connectivity index (χ1) is 8.22. The summed E-state index contributed by atoms with van der Waals surface area (Å²) in [5, 5.41) is 0. The molecule has 5 heteroatoms. The zero-order chi connectivity index (χ0) is 12.3. The van der Waals surface area contributed by atoms with Crippen molar-refractivity contribution in [3.05, 3.63) is 24.3 Å². The summed E-state index contributed by atoms with van der Waals surface area (Å²) in [6.45, 7) is 1.64. The number of morpholine rings is 1. The normalized spacial score (nSPS) is 20.1. The van der Waals surface area contributed by atoms with E-state index in [0.29, 0.717) is 25.4 Å². The van der Waals surface area contributed by atoms with Gasteiger partial charge in [0.25, 0.3) is 0 Å². The molecular weight excluding hydrogens is 220 g/mol. The van der Waals surface area contributed by atoms with Crippen molar-refractivity contribution >= 4 is 17.3 Å². The summed E-state index contributed by atoms with van der Waals surface area (Å²) in [5.74, 6) is -0.276. The van der Waals surface area contributed by atoms with Gasteiger partial charge in [-0.2, -0.15) is 0 Å². The van der Waals surface area contributed by atoms with Crippen LogP contribution in [0.25, 0.3) is 0 Å². The fraction of sp³-hybridized carbons (Fsp3) is 0.417. The molecule has 1 atom stereocenters. The van der Waals surface area contributed by atoms with E-state index in [0.717, 1.165) is 5.69 Å². The summed E-state index contributed by atoms with van der Waals surface area (Å²) in [5.41, 5.74) is 7.30. The minimum Gasteiger partial charge on any atom is -0.467 e. The predicted octanol–water partition coefficient (Wildman–Crippen LogP) is 0.647. The summed E-state index contributed by atoms with van der Waals surface area (Å²) in [6, 6.07) is 7.06. The molecule has 1 aliphatic rings. The zero-order valence-electron chi connectivity index (χ0n) is 9.76. The number of nitrogens with two attached hydrogens (primary N) is 1. The third-order valence-electron chi connectivity index (χ3n) is 2.83. The Hall–Kier alpha value is -1.75. The van der Waals surface area contributed by atoms with E-state index in [2.05, 4.69) is 0 Å². The van der Waals surface area contributed by atoms with E-state index in [1.54, 1.807) is 0 Å². The third kappa shape index (κ3) is 2.50. The van der Waals surface area contributed by atoms with Crippen LogP contribution in [0.4, 0.5) is 11.4 Å². The quantitative estimate of drug-likeness (QED) is 0.603. The van der Waals surface area contributed by atoms with Gasteiger partial charge in [0.05, 0.1) is 20.3 Å². The van der Waals surface area contributed by atoms with Gasteiger partial charge in [-0.15, -0.1) is 0 Å². The van der Waals surface area contributed by atoms with Gasteiger partial charge in [0.2, 0.25) is 0 Å². The number of hydrogen-bond donors (Lipinski definition) is 1. The molecule has 1 fully saturated rings. The van der Waals surface area contributed by atoms with Gasteiger partial charge in [0.15, 0.2) is 6.04 Å². The molecule has 5 nitrogen and oxygen atoms in total. The van der Waals surface area contributed by atoms with Crippen LogP contribution in [0.2, 0.25) is 0 Å². The van der Waals surface area contributed by atoms with Crippen LogP contribution in [-0.2, 0) is 14.3 Å². The van der Waals surface area contributed by atoms with Gasteiger partial charge in [0, 0.05) is 17.9 Å². The van der Waals surface area contributed by atoms with Crippen molar-refractivity contribution in [2.45, 2.75) is 6.04 Å². The van der Waals surface area contributed by atoms with Crippen molar-refractivity contribution in [3.63, 3.8) is 0 Å². The maximum atomic E-state index is 11.6. The van der Waals surface area contributed by atoms with E-state index >= 15 is 0 Å². The number of nitrogen functional groups attached to an aromatic ring is 1. The number of carbonyl (C=O) groups is 1. The molecule has 0 aliphatic carbocycles. The maximum absolute atomic E-state index is 11.6. The molecule has 1 aromatic rings. The molecule has 0 saturated carbocycles. The number of rotatable bonds is 2. The van der Waals surface area contributed by atoms with Gasteiger partial charge in [-0.25, -0.2) is 4.79 Å². The Balaban J connectivity index is 2.21. The summed E-state index contributed by atoms with van der Waals surface area (Å²) in [4.78, 5) is 13.6. The van der Waals surface area contributed by atoms with E-state index in [-0.39, 0.29) is 12.0 Å². The Morgan fingerprint density at radius 1 is 1.47 bits per heavy atom. The third-order valence-corrected chi connectivity index (χ3v) is 2.83. The Kier molecular flexibility index (Phi) is 3.49. The lowest BCUT2D eigenvalue weighted by molar-refractivity contribution is -0.144. The van der Waals surface area contributed by atoms with Crippen LogP contribution in [0.3, 0.4) is 0 Å². The highest BCUT2D eigenvalue weighted by molar-refractivity contribution is 5.80. The number of nitrogens with zero attached hydrogens (tertiary/aromatic N) is 1. The Bertz CT molecular complexity index is 391. The molecule has 17 heavy (non-hydrogen) atoms. The molecule has 2 rings (SSSR count). The van der Waals surface area contributed by atoms with Crippen LogP contribution >= 0.6 is 0 Å². The largest absolute Gasteiger partial charge is 0.467 e. The number of methoxy groups -OCH3 is 1. The molecule has 1 heterocycles. The number of ether oxygens (including phenoxy) is 2. The lowest BCUT2D eigenvalue weighted by Gasteiger charge is -2.35. The van der Waals surface area contributed by atoms with E-state index in [1.165, 1.54) is 7.11 Å². The number of esters is 1. The molecule has 2 N–H and O–H groups in total. The number of carbonyl (C=O) groups excluding carboxylic acids is 1. The molecule has 0 bridgehead atoms. The number of anilines is 2. The van der Waals surface area contributed by atoms with Crippen molar-refractivity contribution in [2.75, 3.05) is 37.5 Å². The second-order valence-electron chi connectivity index (χ2n) is 3.90. The lowest BCUT2D eigenvalue weighted by atomic mass is 10.2. The van der Waals surface area contributed by atoms with Gasteiger partial charge in [-0.05, 0) is 24.3 Å². The highest BCUT2D eigenvalue weighted by Crippen LogP contribution is 2.21. The van der Waals surface area contributed by atoms with Gasteiger partial charge in [-0.3, -0.25) is 0 Å². The van der Waals surface area contributed by atoms with Crippen molar-refractivity contribution in [1.29, 1.82) is 0 Å². The molecule has 0 amide bonds. The first kappa shape index (κ1) is 11.7. The van der Waals surface area contributed by atoms with Crippen LogP contribution in [0.5, 0.6) is 0 Å².